The van der Waals surface area contributed by atoms with E-state index in [2.05, 4.69) is 35.6 Å². The average molecular weight is 247 g/mol. The summed E-state index contributed by atoms with van der Waals surface area (Å²) in [6.45, 7) is 2.90. The molecule has 0 radical (unpaired) electrons. The van der Waals surface area contributed by atoms with Crippen LogP contribution in [0.2, 0.25) is 0 Å². The van der Waals surface area contributed by atoms with Crippen molar-refractivity contribution in [2.45, 2.75) is 25.7 Å². The fourth-order valence-corrected chi connectivity index (χ4v) is 2.70. The van der Waals surface area contributed by atoms with E-state index >= 15 is 0 Å². The number of hydrogen-bond donors (Lipinski definition) is 1. The minimum Gasteiger partial charge on any atom is -0.383 e. The maximum absolute atomic E-state index is 5.08. The topological polar surface area (TPSA) is 21.3 Å². The van der Waals surface area contributed by atoms with Crippen LogP contribution in [-0.2, 0) is 11.2 Å². The van der Waals surface area contributed by atoms with Gasteiger partial charge in [-0.05, 0) is 30.4 Å². The molecule has 0 bridgehead atoms. The Hall–Kier alpha value is -0.860. The minimum atomic E-state index is 0.790. The normalized spacial score (nSPS) is 17.4. The molecule has 18 heavy (non-hydrogen) atoms. The van der Waals surface area contributed by atoms with E-state index in [9.17, 15) is 0 Å². The van der Waals surface area contributed by atoms with Crippen LogP contribution in [0.3, 0.4) is 0 Å². The van der Waals surface area contributed by atoms with Crippen molar-refractivity contribution < 1.29 is 4.74 Å². The molecule has 1 atom stereocenters. The monoisotopic (exact) mass is 247 g/mol. The first-order chi connectivity index (χ1) is 8.90. The summed E-state index contributed by atoms with van der Waals surface area (Å²) >= 11 is 0. The van der Waals surface area contributed by atoms with Crippen LogP contribution in [0, 0.1) is 11.8 Å². The molecule has 1 unspecified atom stereocenters. The first kappa shape index (κ1) is 13.6. The van der Waals surface area contributed by atoms with E-state index in [1.807, 2.05) is 0 Å². The summed E-state index contributed by atoms with van der Waals surface area (Å²) in [4.78, 5) is 0. The number of rotatable bonds is 8. The standard InChI is InChI=1S/C16H25NO/c1-18-11-10-17-13-16(15-8-5-9-15)12-14-6-3-2-4-7-14/h2-4,6-7,15-17H,5,8-13H2,1H3. The second kappa shape index (κ2) is 7.55. The third kappa shape index (κ3) is 4.11. The van der Waals surface area contributed by atoms with E-state index in [1.165, 1.54) is 31.2 Å². The maximum Gasteiger partial charge on any atom is 0.0587 e. The van der Waals surface area contributed by atoms with Crippen molar-refractivity contribution in [1.29, 1.82) is 0 Å². The second-order valence-electron chi connectivity index (χ2n) is 5.34. The van der Waals surface area contributed by atoms with Gasteiger partial charge in [0.1, 0.15) is 0 Å². The van der Waals surface area contributed by atoms with Crippen LogP contribution >= 0.6 is 0 Å². The lowest BCUT2D eigenvalue weighted by atomic mass is 9.73. The van der Waals surface area contributed by atoms with Gasteiger partial charge in [0.2, 0.25) is 0 Å². The van der Waals surface area contributed by atoms with Gasteiger partial charge in [-0.15, -0.1) is 0 Å². The van der Waals surface area contributed by atoms with Crippen molar-refractivity contribution in [1.82, 2.24) is 5.32 Å². The van der Waals surface area contributed by atoms with E-state index in [0.29, 0.717) is 0 Å². The van der Waals surface area contributed by atoms with Gasteiger partial charge in [0.25, 0.3) is 0 Å². The number of benzene rings is 1. The molecular weight excluding hydrogens is 222 g/mol. The predicted molar refractivity (Wildman–Crippen MR) is 75.7 cm³/mol. The Balaban J connectivity index is 1.81. The molecule has 1 fully saturated rings. The summed E-state index contributed by atoms with van der Waals surface area (Å²) < 4.78 is 5.08. The summed E-state index contributed by atoms with van der Waals surface area (Å²) in [6.07, 6.45) is 5.48. The third-order valence-electron chi connectivity index (χ3n) is 4.05. The van der Waals surface area contributed by atoms with Gasteiger partial charge >= 0.3 is 0 Å². The molecule has 1 aromatic rings. The SMILES string of the molecule is COCCNCC(Cc1ccccc1)C1CCC1. The van der Waals surface area contributed by atoms with Crippen LogP contribution in [0.5, 0.6) is 0 Å². The lowest BCUT2D eigenvalue weighted by molar-refractivity contribution is 0.178. The molecule has 1 N–H and O–H groups in total. The highest BCUT2D eigenvalue weighted by Crippen LogP contribution is 2.34. The maximum atomic E-state index is 5.08. The van der Waals surface area contributed by atoms with E-state index in [0.717, 1.165) is 31.5 Å². The van der Waals surface area contributed by atoms with Gasteiger partial charge in [0.15, 0.2) is 0 Å². The zero-order valence-corrected chi connectivity index (χ0v) is 11.4. The van der Waals surface area contributed by atoms with Crippen molar-refractivity contribution in [3.05, 3.63) is 35.9 Å². The Labute approximate surface area is 111 Å². The highest BCUT2D eigenvalue weighted by Gasteiger charge is 2.26. The van der Waals surface area contributed by atoms with Crippen LogP contribution in [0.15, 0.2) is 30.3 Å². The molecule has 1 saturated carbocycles. The van der Waals surface area contributed by atoms with Gasteiger partial charge in [0, 0.05) is 13.7 Å². The molecule has 100 valence electrons. The second-order valence-corrected chi connectivity index (χ2v) is 5.34. The Morgan fingerprint density at radius 1 is 1.28 bits per heavy atom. The van der Waals surface area contributed by atoms with Crippen molar-refractivity contribution >= 4 is 0 Å². The Morgan fingerprint density at radius 3 is 2.67 bits per heavy atom. The summed E-state index contributed by atoms with van der Waals surface area (Å²) in [5, 5.41) is 3.53. The van der Waals surface area contributed by atoms with Crippen molar-refractivity contribution in [2.24, 2.45) is 11.8 Å². The quantitative estimate of drug-likeness (QED) is 0.713. The highest BCUT2D eigenvalue weighted by atomic mass is 16.5. The molecule has 0 aromatic heterocycles. The molecule has 0 spiro atoms. The lowest BCUT2D eigenvalue weighted by Crippen LogP contribution is -2.34. The average Bonchev–Trinajstić information content (AvgIpc) is 2.33. The minimum absolute atomic E-state index is 0.790. The molecule has 0 aliphatic heterocycles. The zero-order chi connectivity index (χ0) is 12.6. The Kier molecular flexibility index (Phi) is 5.69. The molecule has 1 aliphatic rings. The number of methoxy groups -OCH3 is 1. The van der Waals surface area contributed by atoms with Crippen molar-refractivity contribution in [2.75, 3.05) is 26.8 Å². The van der Waals surface area contributed by atoms with Gasteiger partial charge in [-0.3, -0.25) is 0 Å². The van der Waals surface area contributed by atoms with Gasteiger partial charge in [-0.1, -0.05) is 49.6 Å². The molecule has 0 amide bonds. The van der Waals surface area contributed by atoms with Crippen molar-refractivity contribution in [3.63, 3.8) is 0 Å². The van der Waals surface area contributed by atoms with Crippen LogP contribution in [0.25, 0.3) is 0 Å². The number of ether oxygens (including phenoxy) is 1. The van der Waals surface area contributed by atoms with Crippen LogP contribution in [-0.4, -0.2) is 26.8 Å². The summed E-state index contributed by atoms with van der Waals surface area (Å²) in [6, 6.07) is 10.9. The third-order valence-corrected chi connectivity index (χ3v) is 4.05. The van der Waals surface area contributed by atoms with Crippen LogP contribution in [0.4, 0.5) is 0 Å². The van der Waals surface area contributed by atoms with Gasteiger partial charge in [-0.25, -0.2) is 0 Å². The number of nitrogens with one attached hydrogen (secondary N) is 1. The molecular formula is C16H25NO. The van der Waals surface area contributed by atoms with E-state index in [1.54, 1.807) is 7.11 Å². The summed E-state index contributed by atoms with van der Waals surface area (Å²) in [5.74, 6) is 1.72. The Bertz CT molecular complexity index is 321. The first-order valence-corrected chi connectivity index (χ1v) is 7.13. The van der Waals surface area contributed by atoms with Gasteiger partial charge in [-0.2, -0.15) is 0 Å². The molecule has 2 rings (SSSR count). The Morgan fingerprint density at radius 2 is 2.06 bits per heavy atom. The van der Waals surface area contributed by atoms with Gasteiger partial charge in [0.05, 0.1) is 6.61 Å². The molecule has 0 saturated heterocycles. The van der Waals surface area contributed by atoms with E-state index in [-0.39, 0.29) is 0 Å². The molecule has 2 heteroatoms. The summed E-state index contributed by atoms with van der Waals surface area (Å²) in [5.41, 5.74) is 1.47. The van der Waals surface area contributed by atoms with E-state index in [4.69, 9.17) is 4.74 Å². The van der Waals surface area contributed by atoms with Crippen LogP contribution < -0.4 is 5.32 Å². The molecule has 2 nitrogen and oxygen atoms in total. The predicted octanol–water partition coefficient (Wildman–Crippen LogP) is 2.88. The summed E-state index contributed by atoms with van der Waals surface area (Å²) in [7, 11) is 1.76. The first-order valence-electron chi connectivity index (χ1n) is 7.13. The molecule has 1 aromatic carbocycles. The fraction of sp³-hybridized carbons (Fsp3) is 0.625. The highest BCUT2D eigenvalue weighted by molar-refractivity contribution is 5.15. The zero-order valence-electron chi connectivity index (χ0n) is 11.4. The van der Waals surface area contributed by atoms with Crippen LogP contribution in [0.1, 0.15) is 24.8 Å². The van der Waals surface area contributed by atoms with Gasteiger partial charge < -0.3 is 10.1 Å². The van der Waals surface area contributed by atoms with E-state index < -0.39 is 0 Å². The number of hydrogen-bond acceptors (Lipinski definition) is 2. The fourth-order valence-electron chi connectivity index (χ4n) is 2.70. The molecule has 1 aliphatic carbocycles. The van der Waals surface area contributed by atoms with Crippen molar-refractivity contribution in [3.8, 4) is 0 Å². The largest absolute Gasteiger partial charge is 0.383 e. The smallest absolute Gasteiger partial charge is 0.0587 e. The lowest BCUT2D eigenvalue weighted by Gasteiger charge is -2.34. The molecule has 0 heterocycles.